The van der Waals surface area contributed by atoms with Gasteiger partial charge in [0, 0.05) is 25.4 Å². The molecule has 2 aliphatic rings. The molecule has 2 fully saturated rings. The third-order valence-corrected chi connectivity index (χ3v) is 3.75. The number of aromatic nitrogens is 2. The molecule has 1 aliphatic carbocycles. The van der Waals surface area contributed by atoms with Gasteiger partial charge < -0.3 is 14.9 Å². The molecule has 9 heteroatoms. The summed E-state index contributed by atoms with van der Waals surface area (Å²) in [6.45, 7) is 4.41. The van der Waals surface area contributed by atoms with E-state index in [1.54, 1.807) is 0 Å². The Balaban J connectivity index is 0.000000199. The van der Waals surface area contributed by atoms with Crippen molar-refractivity contribution < 1.29 is 27.6 Å². The second-order valence-electron chi connectivity index (χ2n) is 5.41. The van der Waals surface area contributed by atoms with Crippen LogP contribution < -0.4 is 5.32 Å². The van der Waals surface area contributed by atoms with Crippen LogP contribution in [0.3, 0.4) is 0 Å². The quantitative estimate of drug-likeness (QED) is 0.865. The van der Waals surface area contributed by atoms with E-state index in [2.05, 4.69) is 15.5 Å². The van der Waals surface area contributed by atoms with E-state index in [9.17, 15) is 13.2 Å². The predicted octanol–water partition coefficient (Wildman–Crippen LogP) is 1.73. The molecule has 21 heavy (non-hydrogen) atoms. The SMILES string of the molecule is CCc1noc(C2CC3(CNC3)C2)n1.O=C(O)C(F)(F)F. The van der Waals surface area contributed by atoms with Gasteiger partial charge in [-0.15, -0.1) is 0 Å². The molecule has 3 rings (SSSR count). The third kappa shape index (κ3) is 3.52. The van der Waals surface area contributed by atoms with Crippen molar-refractivity contribution in [3.8, 4) is 0 Å². The summed E-state index contributed by atoms with van der Waals surface area (Å²) in [5, 5.41) is 14.4. The van der Waals surface area contributed by atoms with Crippen LogP contribution in [0.1, 0.15) is 37.4 Å². The third-order valence-electron chi connectivity index (χ3n) is 3.75. The Morgan fingerprint density at radius 1 is 1.48 bits per heavy atom. The number of rotatable bonds is 2. The highest BCUT2D eigenvalue weighted by atomic mass is 19.4. The van der Waals surface area contributed by atoms with Crippen LogP contribution in [0, 0.1) is 5.41 Å². The minimum atomic E-state index is -5.08. The Morgan fingerprint density at radius 3 is 2.38 bits per heavy atom. The maximum atomic E-state index is 10.6. The summed E-state index contributed by atoms with van der Waals surface area (Å²) in [7, 11) is 0. The lowest BCUT2D eigenvalue weighted by molar-refractivity contribution is -0.192. The first-order chi connectivity index (χ1) is 9.76. The van der Waals surface area contributed by atoms with Crippen molar-refractivity contribution in [2.75, 3.05) is 13.1 Å². The number of carbonyl (C=O) groups is 1. The molecule has 1 aromatic heterocycles. The van der Waals surface area contributed by atoms with Crippen LogP contribution >= 0.6 is 0 Å². The van der Waals surface area contributed by atoms with Crippen molar-refractivity contribution in [3.05, 3.63) is 11.7 Å². The van der Waals surface area contributed by atoms with Gasteiger partial charge >= 0.3 is 12.1 Å². The van der Waals surface area contributed by atoms with Crippen LogP contribution in [0.5, 0.6) is 0 Å². The van der Waals surface area contributed by atoms with E-state index in [-0.39, 0.29) is 0 Å². The van der Waals surface area contributed by atoms with Gasteiger partial charge in [-0.05, 0) is 18.3 Å². The van der Waals surface area contributed by atoms with E-state index in [1.165, 1.54) is 25.9 Å². The van der Waals surface area contributed by atoms with Gasteiger partial charge in [-0.2, -0.15) is 18.2 Å². The highest BCUT2D eigenvalue weighted by molar-refractivity contribution is 5.73. The van der Waals surface area contributed by atoms with E-state index in [0.29, 0.717) is 11.3 Å². The van der Waals surface area contributed by atoms with Crippen LogP contribution in [0.2, 0.25) is 0 Å². The van der Waals surface area contributed by atoms with Gasteiger partial charge in [-0.1, -0.05) is 12.1 Å². The first-order valence-corrected chi connectivity index (χ1v) is 6.59. The molecule has 2 heterocycles. The number of nitrogens with zero attached hydrogens (tertiary/aromatic N) is 2. The summed E-state index contributed by atoms with van der Waals surface area (Å²) in [5.41, 5.74) is 0.589. The van der Waals surface area contributed by atoms with Crippen molar-refractivity contribution in [1.29, 1.82) is 0 Å². The molecule has 6 nitrogen and oxygen atoms in total. The molecule has 2 N–H and O–H groups in total. The summed E-state index contributed by atoms with van der Waals surface area (Å²) in [6, 6.07) is 0. The van der Waals surface area contributed by atoms with Crippen LogP contribution in [0.15, 0.2) is 4.52 Å². The standard InChI is InChI=1S/C10H15N3O.C2HF3O2/c1-2-8-12-9(14-13-8)7-3-10(4-7)5-11-6-10;3-2(4,5)1(6)7/h7,11H,2-6H2,1H3;(H,6,7). The zero-order chi connectivity index (χ0) is 15.7. The average Bonchev–Trinajstić information content (AvgIpc) is 2.73. The number of hydrogen-bond donors (Lipinski definition) is 2. The molecule has 0 aromatic carbocycles. The van der Waals surface area contributed by atoms with Gasteiger partial charge in [0.1, 0.15) is 0 Å². The second-order valence-corrected chi connectivity index (χ2v) is 5.41. The molecule has 118 valence electrons. The van der Waals surface area contributed by atoms with Crippen LogP contribution in [-0.2, 0) is 11.2 Å². The number of aliphatic carboxylic acids is 1. The Bertz CT molecular complexity index is 503. The van der Waals surface area contributed by atoms with Crippen molar-refractivity contribution in [1.82, 2.24) is 15.5 Å². The van der Waals surface area contributed by atoms with Crippen LogP contribution in [0.4, 0.5) is 13.2 Å². The highest BCUT2D eigenvalue weighted by Crippen LogP contribution is 2.52. The summed E-state index contributed by atoms with van der Waals surface area (Å²) in [6.07, 6.45) is -1.76. The fourth-order valence-electron chi connectivity index (χ4n) is 2.50. The molecule has 0 radical (unpaired) electrons. The summed E-state index contributed by atoms with van der Waals surface area (Å²) in [4.78, 5) is 13.3. The molecule has 0 unspecified atom stereocenters. The number of hydrogen-bond acceptors (Lipinski definition) is 5. The molecule has 0 amide bonds. The smallest absolute Gasteiger partial charge is 0.475 e. The molecule has 1 saturated heterocycles. The van der Waals surface area contributed by atoms with Crippen molar-refractivity contribution in [2.24, 2.45) is 5.41 Å². The Hall–Kier alpha value is -1.64. The fraction of sp³-hybridized carbons (Fsp3) is 0.750. The largest absolute Gasteiger partial charge is 0.490 e. The van der Waals surface area contributed by atoms with Gasteiger partial charge in [-0.3, -0.25) is 0 Å². The molecule has 1 saturated carbocycles. The number of aryl methyl sites for hydroxylation is 1. The molecule has 1 aromatic rings. The number of carboxylic acid groups (broad SMARTS) is 1. The van der Waals surface area contributed by atoms with Gasteiger partial charge in [0.15, 0.2) is 5.82 Å². The summed E-state index contributed by atoms with van der Waals surface area (Å²) >= 11 is 0. The maximum absolute atomic E-state index is 10.6. The first kappa shape index (κ1) is 15.7. The Labute approximate surface area is 118 Å². The van der Waals surface area contributed by atoms with Crippen LogP contribution in [0.25, 0.3) is 0 Å². The number of halogens is 3. The highest BCUT2D eigenvalue weighted by Gasteiger charge is 2.50. The van der Waals surface area contributed by atoms with Gasteiger partial charge in [-0.25, -0.2) is 4.79 Å². The van der Waals surface area contributed by atoms with E-state index < -0.39 is 12.1 Å². The Kier molecular flexibility index (Phi) is 4.22. The lowest BCUT2D eigenvalue weighted by Gasteiger charge is -2.53. The second kappa shape index (κ2) is 5.63. The first-order valence-electron chi connectivity index (χ1n) is 6.59. The molecular weight excluding hydrogens is 291 g/mol. The van der Waals surface area contributed by atoms with Gasteiger partial charge in [0.2, 0.25) is 5.89 Å². The van der Waals surface area contributed by atoms with Crippen molar-refractivity contribution in [3.63, 3.8) is 0 Å². The van der Waals surface area contributed by atoms with Crippen molar-refractivity contribution >= 4 is 5.97 Å². The Morgan fingerprint density at radius 2 is 2.05 bits per heavy atom. The van der Waals surface area contributed by atoms with E-state index in [1.807, 2.05) is 6.92 Å². The van der Waals surface area contributed by atoms with Crippen LogP contribution in [-0.4, -0.2) is 40.5 Å². The molecule has 0 bridgehead atoms. The van der Waals surface area contributed by atoms with Gasteiger partial charge in [0.25, 0.3) is 0 Å². The predicted molar refractivity (Wildman–Crippen MR) is 64.6 cm³/mol. The van der Waals surface area contributed by atoms with E-state index in [4.69, 9.17) is 14.4 Å². The molecule has 1 aliphatic heterocycles. The molecule has 1 spiro atoms. The monoisotopic (exact) mass is 307 g/mol. The lowest BCUT2D eigenvalue weighted by Crippen LogP contribution is -2.59. The minimum absolute atomic E-state index is 0.532. The van der Waals surface area contributed by atoms with E-state index >= 15 is 0 Å². The number of nitrogens with one attached hydrogen (secondary N) is 1. The molecular formula is C12H16F3N3O3. The average molecular weight is 307 g/mol. The zero-order valence-corrected chi connectivity index (χ0v) is 11.4. The summed E-state index contributed by atoms with van der Waals surface area (Å²) in [5.74, 6) is -0.524. The zero-order valence-electron chi connectivity index (χ0n) is 11.4. The lowest BCUT2D eigenvalue weighted by atomic mass is 9.58. The normalized spacial score (nSPS) is 20.2. The molecule has 0 atom stereocenters. The number of alkyl halides is 3. The number of carboxylic acids is 1. The van der Waals surface area contributed by atoms with Gasteiger partial charge in [0.05, 0.1) is 0 Å². The van der Waals surface area contributed by atoms with Crippen molar-refractivity contribution in [2.45, 2.75) is 38.3 Å². The minimum Gasteiger partial charge on any atom is -0.475 e. The fourth-order valence-corrected chi connectivity index (χ4v) is 2.50. The topological polar surface area (TPSA) is 88.3 Å². The van der Waals surface area contributed by atoms with E-state index in [0.717, 1.165) is 18.1 Å². The summed E-state index contributed by atoms with van der Waals surface area (Å²) < 4.78 is 37.0. The maximum Gasteiger partial charge on any atom is 0.490 e.